The lowest BCUT2D eigenvalue weighted by molar-refractivity contribution is 0.595. The highest BCUT2D eigenvalue weighted by Gasteiger charge is 2.05. The summed E-state index contributed by atoms with van der Waals surface area (Å²) in [4.78, 5) is 3.38. The Morgan fingerprint density at radius 1 is 1.56 bits per heavy atom. The number of aromatic nitrogens is 3. The van der Waals surface area contributed by atoms with Crippen molar-refractivity contribution < 1.29 is 8.42 Å². The molecule has 0 aromatic carbocycles. The minimum Gasteiger partial charge on any atom is -0.222 e. The van der Waals surface area contributed by atoms with Crippen molar-refractivity contribution >= 4 is 19.9 Å². The Bertz CT molecular complexity index is 277. The fourth-order valence-electron chi connectivity index (χ4n) is 0.310. The molecule has 0 fully saturated rings. The van der Waals surface area contributed by atoms with E-state index in [0.29, 0.717) is 4.09 Å². The van der Waals surface area contributed by atoms with Gasteiger partial charge in [0.1, 0.15) is 12.7 Å². The van der Waals surface area contributed by atoms with Crippen LogP contribution in [0.25, 0.3) is 0 Å². The van der Waals surface area contributed by atoms with E-state index in [9.17, 15) is 8.42 Å². The second kappa shape index (κ2) is 1.96. The SMILES string of the molecule is O=S(=O)(Cl)n1cncn1. The van der Waals surface area contributed by atoms with E-state index in [1.807, 2.05) is 0 Å². The average molecular weight is 168 g/mol. The third-order valence-electron chi connectivity index (χ3n) is 0.621. The maximum absolute atomic E-state index is 10.3. The minimum absolute atomic E-state index is 0.564. The normalized spacial score (nSPS) is 11.7. The number of hydrogen-bond acceptors (Lipinski definition) is 4. The van der Waals surface area contributed by atoms with E-state index in [-0.39, 0.29) is 0 Å². The summed E-state index contributed by atoms with van der Waals surface area (Å²) in [5.74, 6) is 0. The second-order valence-electron chi connectivity index (χ2n) is 1.21. The zero-order valence-corrected chi connectivity index (χ0v) is 5.67. The van der Waals surface area contributed by atoms with Crippen LogP contribution in [0.4, 0.5) is 0 Å². The van der Waals surface area contributed by atoms with Crippen molar-refractivity contribution in [1.29, 1.82) is 0 Å². The monoisotopic (exact) mass is 167 g/mol. The molecule has 0 saturated heterocycles. The first-order chi connectivity index (χ1) is 4.11. The molecule has 0 aliphatic heterocycles. The largest absolute Gasteiger partial charge is 0.341 e. The standard InChI is InChI=1S/C2H2ClN3O2S/c3-9(7,8)6-2-4-1-5-6/h1-2H. The summed E-state index contributed by atoms with van der Waals surface area (Å²) >= 11 is 0. The first kappa shape index (κ1) is 6.50. The molecule has 1 aromatic rings. The molecular formula is C2H2ClN3O2S. The van der Waals surface area contributed by atoms with E-state index in [4.69, 9.17) is 10.7 Å². The van der Waals surface area contributed by atoms with Crippen LogP contribution in [0.3, 0.4) is 0 Å². The Hall–Kier alpha value is -0.620. The fraction of sp³-hybridized carbons (Fsp3) is 0. The number of halogens is 1. The van der Waals surface area contributed by atoms with Crippen LogP contribution in [0.5, 0.6) is 0 Å². The van der Waals surface area contributed by atoms with Crippen molar-refractivity contribution in [2.45, 2.75) is 0 Å². The third kappa shape index (κ3) is 1.39. The summed E-state index contributed by atoms with van der Waals surface area (Å²) in [6.07, 6.45) is 2.09. The number of hydrogen-bond donors (Lipinski definition) is 0. The molecule has 7 heteroatoms. The van der Waals surface area contributed by atoms with Crippen LogP contribution < -0.4 is 0 Å². The molecule has 0 atom stereocenters. The Morgan fingerprint density at radius 3 is 2.44 bits per heavy atom. The van der Waals surface area contributed by atoms with Crippen LogP contribution in [0.15, 0.2) is 12.7 Å². The fourth-order valence-corrected chi connectivity index (χ4v) is 0.846. The summed E-state index contributed by atoms with van der Waals surface area (Å²) in [7, 11) is 1.09. The van der Waals surface area contributed by atoms with Crippen molar-refractivity contribution in [3.05, 3.63) is 12.7 Å². The molecule has 50 valence electrons. The van der Waals surface area contributed by atoms with Crippen LogP contribution in [0.2, 0.25) is 0 Å². The average Bonchev–Trinajstić information content (AvgIpc) is 2.08. The molecule has 0 unspecified atom stereocenters. The van der Waals surface area contributed by atoms with Crippen LogP contribution in [-0.4, -0.2) is 22.6 Å². The molecule has 0 radical (unpaired) electrons. The Balaban J connectivity index is 3.20. The van der Waals surface area contributed by atoms with Gasteiger partial charge in [-0.3, -0.25) is 0 Å². The van der Waals surface area contributed by atoms with Crippen LogP contribution >= 0.6 is 10.7 Å². The first-order valence-corrected chi connectivity index (χ1v) is 4.17. The molecule has 5 nitrogen and oxygen atoms in total. The van der Waals surface area contributed by atoms with Crippen molar-refractivity contribution in [1.82, 2.24) is 14.2 Å². The van der Waals surface area contributed by atoms with Gasteiger partial charge in [-0.25, -0.2) is 4.98 Å². The predicted molar refractivity (Wildman–Crippen MR) is 30.2 cm³/mol. The lowest BCUT2D eigenvalue weighted by Gasteiger charge is -1.87. The van der Waals surface area contributed by atoms with Crippen LogP contribution in [0.1, 0.15) is 0 Å². The topological polar surface area (TPSA) is 64.8 Å². The van der Waals surface area contributed by atoms with Gasteiger partial charge in [-0.05, 0) is 0 Å². The van der Waals surface area contributed by atoms with Gasteiger partial charge < -0.3 is 0 Å². The summed E-state index contributed by atoms with van der Waals surface area (Å²) in [6.45, 7) is 0. The van der Waals surface area contributed by atoms with Gasteiger partial charge in [0.2, 0.25) is 0 Å². The third-order valence-corrected chi connectivity index (χ3v) is 1.68. The lowest BCUT2D eigenvalue weighted by atomic mass is 11.3. The molecule has 0 spiro atoms. The van der Waals surface area contributed by atoms with Crippen LogP contribution in [0, 0.1) is 0 Å². The van der Waals surface area contributed by atoms with E-state index >= 15 is 0 Å². The summed E-state index contributed by atoms with van der Waals surface area (Å²) in [5.41, 5.74) is 0. The quantitative estimate of drug-likeness (QED) is 0.535. The minimum atomic E-state index is -3.74. The molecule has 1 rings (SSSR count). The summed E-state index contributed by atoms with van der Waals surface area (Å²) in [5, 5.41) is 3.27. The second-order valence-corrected chi connectivity index (χ2v) is 3.58. The van der Waals surface area contributed by atoms with E-state index < -0.39 is 9.24 Å². The highest BCUT2D eigenvalue weighted by Crippen LogP contribution is 1.96. The highest BCUT2D eigenvalue weighted by atomic mass is 35.7. The van der Waals surface area contributed by atoms with Crippen molar-refractivity contribution in [2.75, 3.05) is 0 Å². The molecule has 0 N–H and O–H groups in total. The van der Waals surface area contributed by atoms with Gasteiger partial charge in [-0.1, -0.05) is 0 Å². The molecule has 0 bridgehead atoms. The van der Waals surface area contributed by atoms with Gasteiger partial charge in [-0.2, -0.15) is 8.42 Å². The van der Waals surface area contributed by atoms with Gasteiger partial charge in [-0.15, -0.1) is 9.19 Å². The Kier molecular flexibility index (Phi) is 1.42. The molecule has 9 heavy (non-hydrogen) atoms. The zero-order chi connectivity index (χ0) is 6.91. The highest BCUT2D eigenvalue weighted by molar-refractivity contribution is 8.12. The maximum atomic E-state index is 10.3. The molecule has 1 aromatic heterocycles. The molecule has 0 saturated carbocycles. The maximum Gasteiger partial charge on any atom is 0.341 e. The van der Waals surface area contributed by atoms with Gasteiger partial charge in [0.05, 0.1) is 0 Å². The molecular weight excluding hydrogens is 166 g/mol. The van der Waals surface area contributed by atoms with Crippen molar-refractivity contribution in [3.8, 4) is 0 Å². The molecule has 0 aliphatic carbocycles. The Morgan fingerprint density at radius 2 is 2.22 bits per heavy atom. The van der Waals surface area contributed by atoms with E-state index in [2.05, 4.69) is 10.1 Å². The van der Waals surface area contributed by atoms with Gasteiger partial charge in [0.15, 0.2) is 0 Å². The molecule has 0 aliphatic rings. The van der Waals surface area contributed by atoms with E-state index in [1.54, 1.807) is 0 Å². The molecule has 1 heterocycles. The van der Waals surface area contributed by atoms with Crippen LogP contribution in [-0.2, 0) is 9.24 Å². The predicted octanol–water partition coefficient (Wildman–Crippen LogP) is -0.390. The summed E-state index contributed by atoms with van der Waals surface area (Å²) < 4.78 is 21.2. The lowest BCUT2D eigenvalue weighted by Crippen LogP contribution is -2.04. The smallest absolute Gasteiger partial charge is 0.222 e. The van der Waals surface area contributed by atoms with Crippen molar-refractivity contribution in [3.63, 3.8) is 0 Å². The molecule has 0 amide bonds. The van der Waals surface area contributed by atoms with Crippen molar-refractivity contribution in [2.24, 2.45) is 0 Å². The number of rotatable bonds is 1. The van der Waals surface area contributed by atoms with E-state index in [0.717, 1.165) is 12.7 Å². The number of nitrogens with zero attached hydrogens (tertiary/aromatic N) is 3. The Labute approximate surface area is 55.8 Å². The van der Waals surface area contributed by atoms with E-state index in [1.165, 1.54) is 0 Å². The van der Waals surface area contributed by atoms with Gasteiger partial charge in [0.25, 0.3) is 0 Å². The van der Waals surface area contributed by atoms with Gasteiger partial charge in [0, 0.05) is 10.7 Å². The van der Waals surface area contributed by atoms with Gasteiger partial charge >= 0.3 is 9.24 Å². The summed E-state index contributed by atoms with van der Waals surface area (Å²) in [6, 6.07) is 0. The zero-order valence-electron chi connectivity index (χ0n) is 4.10. The first-order valence-electron chi connectivity index (χ1n) is 1.90.